The van der Waals surface area contributed by atoms with Crippen molar-refractivity contribution in [1.82, 2.24) is 15.0 Å². The number of nitrogens with zero attached hydrogens (tertiary/aromatic N) is 3. The van der Waals surface area contributed by atoms with Crippen molar-refractivity contribution >= 4 is 17.7 Å². The minimum absolute atomic E-state index is 0.0471. The average Bonchev–Trinajstić information content (AvgIpc) is 3.21. The Bertz CT molecular complexity index is 712. The van der Waals surface area contributed by atoms with Crippen LogP contribution in [-0.4, -0.2) is 52.3 Å². The monoisotopic (exact) mass is 343 g/mol. The Morgan fingerprint density at radius 1 is 1.29 bits per heavy atom. The highest BCUT2D eigenvalue weighted by atomic mass is 32.2. The second-order valence-corrected chi connectivity index (χ2v) is 7.70. The third-order valence-corrected chi connectivity index (χ3v) is 5.97. The molecule has 0 bridgehead atoms. The van der Waals surface area contributed by atoms with Gasteiger partial charge in [-0.2, -0.15) is 0 Å². The van der Waals surface area contributed by atoms with E-state index in [9.17, 15) is 4.79 Å². The molecule has 0 N–H and O–H groups in total. The fourth-order valence-corrected chi connectivity index (χ4v) is 4.64. The summed E-state index contributed by atoms with van der Waals surface area (Å²) in [5.74, 6) is 1.18. The molecule has 1 unspecified atom stereocenters. The second-order valence-electron chi connectivity index (χ2n) is 6.45. The first-order valence-corrected chi connectivity index (χ1v) is 9.25. The number of carbonyl (C=O) groups excluding carboxylic acids is 1. The molecule has 0 spiro atoms. The minimum atomic E-state index is 0.0471. The van der Waals surface area contributed by atoms with Crippen LogP contribution in [0.3, 0.4) is 0 Å². The van der Waals surface area contributed by atoms with E-state index in [0.717, 1.165) is 50.6 Å². The van der Waals surface area contributed by atoms with Gasteiger partial charge >= 0.3 is 0 Å². The normalized spacial score (nSPS) is 21.0. The molecule has 126 valence electrons. The minimum Gasteiger partial charge on any atom is -0.360 e. The van der Waals surface area contributed by atoms with Crippen molar-refractivity contribution in [3.05, 3.63) is 47.3 Å². The number of aryl methyl sites for hydroxylation is 1. The molecule has 2 aromatic rings. The molecule has 3 heterocycles. The molecule has 1 saturated heterocycles. The third-order valence-electron chi connectivity index (χ3n) is 4.66. The van der Waals surface area contributed by atoms with Crippen molar-refractivity contribution < 1.29 is 9.32 Å². The molecular weight excluding hydrogens is 322 g/mol. The summed E-state index contributed by atoms with van der Waals surface area (Å²) >= 11 is 1.72. The Balaban J connectivity index is 1.31. The van der Waals surface area contributed by atoms with Crippen molar-refractivity contribution in [2.45, 2.75) is 30.0 Å². The van der Waals surface area contributed by atoms with E-state index in [2.05, 4.69) is 28.3 Å². The van der Waals surface area contributed by atoms with Crippen LogP contribution in [0.15, 0.2) is 39.8 Å². The molecule has 1 aromatic carbocycles. The number of amides is 1. The molecule has 1 aromatic heterocycles. The fraction of sp³-hybridized carbons (Fsp3) is 0.444. The topological polar surface area (TPSA) is 49.6 Å². The molecule has 1 fully saturated rings. The fourth-order valence-electron chi connectivity index (χ4n) is 3.36. The lowest BCUT2D eigenvalue weighted by molar-refractivity contribution is -0.132. The van der Waals surface area contributed by atoms with Crippen LogP contribution in [0.5, 0.6) is 0 Å². The zero-order chi connectivity index (χ0) is 16.5. The van der Waals surface area contributed by atoms with E-state index in [1.165, 1.54) is 10.5 Å². The van der Waals surface area contributed by atoms with Crippen LogP contribution in [0, 0.1) is 6.92 Å². The highest BCUT2D eigenvalue weighted by Gasteiger charge is 2.32. The van der Waals surface area contributed by atoms with Gasteiger partial charge in [-0.05, 0) is 25.0 Å². The number of benzene rings is 1. The van der Waals surface area contributed by atoms with E-state index in [1.807, 2.05) is 24.0 Å². The van der Waals surface area contributed by atoms with Gasteiger partial charge in [-0.3, -0.25) is 9.69 Å². The molecule has 0 saturated carbocycles. The first-order chi connectivity index (χ1) is 11.7. The molecule has 4 rings (SSSR count). The summed E-state index contributed by atoms with van der Waals surface area (Å²) in [5.41, 5.74) is 2.22. The maximum atomic E-state index is 12.8. The van der Waals surface area contributed by atoms with Crippen molar-refractivity contribution in [2.24, 2.45) is 0 Å². The number of carbonyl (C=O) groups is 1. The summed E-state index contributed by atoms with van der Waals surface area (Å²) in [6.45, 7) is 6.05. The lowest BCUT2D eigenvalue weighted by Crippen LogP contribution is -2.50. The quantitative estimate of drug-likeness (QED) is 0.856. The summed E-state index contributed by atoms with van der Waals surface area (Å²) in [6, 6.07) is 10.3. The van der Waals surface area contributed by atoms with Gasteiger partial charge in [0.25, 0.3) is 0 Å². The number of rotatable bonds is 3. The molecule has 2 aliphatic rings. The lowest BCUT2D eigenvalue weighted by atomic mass is 10.1. The van der Waals surface area contributed by atoms with Crippen molar-refractivity contribution in [2.75, 3.05) is 26.2 Å². The maximum absolute atomic E-state index is 12.8. The molecule has 2 aliphatic heterocycles. The van der Waals surface area contributed by atoms with Crippen LogP contribution < -0.4 is 0 Å². The number of thioether (sulfide) groups is 1. The van der Waals surface area contributed by atoms with Crippen LogP contribution in [0.2, 0.25) is 0 Å². The SMILES string of the molecule is Cc1cc(CN2CCN(C(=O)C3Cc4ccccc4S3)CC2)on1. The number of hydrogen-bond donors (Lipinski definition) is 0. The highest BCUT2D eigenvalue weighted by molar-refractivity contribution is 8.01. The molecule has 24 heavy (non-hydrogen) atoms. The van der Waals surface area contributed by atoms with Gasteiger partial charge in [0.15, 0.2) is 5.76 Å². The largest absolute Gasteiger partial charge is 0.360 e. The average molecular weight is 343 g/mol. The van der Waals surface area contributed by atoms with E-state index in [-0.39, 0.29) is 11.2 Å². The van der Waals surface area contributed by atoms with E-state index >= 15 is 0 Å². The van der Waals surface area contributed by atoms with E-state index < -0.39 is 0 Å². The summed E-state index contributed by atoms with van der Waals surface area (Å²) < 4.78 is 5.28. The highest BCUT2D eigenvalue weighted by Crippen LogP contribution is 2.37. The van der Waals surface area contributed by atoms with E-state index in [0.29, 0.717) is 0 Å². The van der Waals surface area contributed by atoms with Crippen LogP contribution in [0.4, 0.5) is 0 Å². The summed E-state index contributed by atoms with van der Waals surface area (Å²) in [7, 11) is 0. The van der Waals surface area contributed by atoms with Gasteiger partial charge in [-0.1, -0.05) is 23.4 Å². The number of aromatic nitrogens is 1. The van der Waals surface area contributed by atoms with E-state index in [1.54, 1.807) is 11.8 Å². The molecular formula is C18H21N3O2S. The van der Waals surface area contributed by atoms with Crippen molar-refractivity contribution in [1.29, 1.82) is 0 Å². The number of hydrogen-bond acceptors (Lipinski definition) is 5. The first kappa shape index (κ1) is 15.7. The Morgan fingerprint density at radius 3 is 2.79 bits per heavy atom. The summed E-state index contributed by atoms with van der Waals surface area (Å²) in [4.78, 5) is 18.4. The van der Waals surface area contributed by atoms with Crippen LogP contribution in [0.1, 0.15) is 17.0 Å². The van der Waals surface area contributed by atoms with E-state index in [4.69, 9.17) is 4.52 Å². The zero-order valence-corrected chi connectivity index (χ0v) is 14.6. The van der Waals surface area contributed by atoms with Gasteiger partial charge in [0, 0.05) is 37.1 Å². The Hall–Kier alpha value is -1.79. The smallest absolute Gasteiger partial charge is 0.236 e. The van der Waals surface area contributed by atoms with Gasteiger partial charge in [0.05, 0.1) is 17.5 Å². The molecule has 6 heteroatoms. The maximum Gasteiger partial charge on any atom is 0.236 e. The van der Waals surface area contributed by atoms with Crippen molar-refractivity contribution in [3.63, 3.8) is 0 Å². The summed E-state index contributed by atoms with van der Waals surface area (Å²) in [5, 5.41) is 3.98. The lowest BCUT2D eigenvalue weighted by Gasteiger charge is -2.35. The Kier molecular flexibility index (Phi) is 4.33. The molecule has 0 aliphatic carbocycles. The predicted octanol–water partition coefficient (Wildman–Crippen LogP) is 2.34. The Labute approximate surface area is 146 Å². The Morgan fingerprint density at radius 2 is 2.08 bits per heavy atom. The van der Waals surface area contributed by atoms with Gasteiger partial charge in [0.1, 0.15) is 0 Å². The molecule has 1 amide bonds. The standard InChI is InChI=1S/C18H21N3O2S/c1-13-10-15(23-19-13)12-20-6-8-21(9-7-20)18(22)17-11-14-4-2-3-5-16(14)24-17/h2-5,10,17H,6-9,11-12H2,1H3. The molecule has 5 nitrogen and oxygen atoms in total. The second kappa shape index (κ2) is 6.61. The van der Waals surface area contributed by atoms with Crippen LogP contribution in [-0.2, 0) is 17.8 Å². The zero-order valence-electron chi connectivity index (χ0n) is 13.8. The van der Waals surface area contributed by atoms with Crippen LogP contribution in [0.25, 0.3) is 0 Å². The molecule has 1 atom stereocenters. The van der Waals surface area contributed by atoms with Gasteiger partial charge in [-0.15, -0.1) is 11.8 Å². The molecule has 0 radical (unpaired) electrons. The van der Waals surface area contributed by atoms with Gasteiger partial charge in [0.2, 0.25) is 5.91 Å². The van der Waals surface area contributed by atoms with Crippen LogP contribution >= 0.6 is 11.8 Å². The number of fused-ring (bicyclic) bond motifs is 1. The third kappa shape index (κ3) is 3.21. The predicted molar refractivity (Wildman–Crippen MR) is 92.9 cm³/mol. The van der Waals surface area contributed by atoms with Gasteiger partial charge < -0.3 is 9.42 Å². The van der Waals surface area contributed by atoms with Gasteiger partial charge in [-0.25, -0.2) is 0 Å². The van der Waals surface area contributed by atoms with Crippen molar-refractivity contribution in [3.8, 4) is 0 Å². The number of piperazine rings is 1. The summed E-state index contributed by atoms with van der Waals surface area (Å²) in [6.07, 6.45) is 0.858. The first-order valence-electron chi connectivity index (χ1n) is 8.37.